The van der Waals surface area contributed by atoms with Gasteiger partial charge in [0, 0.05) is 67.5 Å². The monoisotopic (exact) mass is 529 g/mol. The van der Waals surface area contributed by atoms with Crippen molar-refractivity contribution in [3.8, 4) is 0 Å². The number of likely N-dealkylation sites (tertiary alicyclic amines) is 1. The van der Waals surface area contributed by atoms with Crippen molar-refractivity contribution in [1.82, 2.24) is 30.4 Å². The normalized spacial score (nSPS) is 21.7. The lowest BCUT2D eigenvalue weighted by molar-refractivity contribution is -0.145. The van der Waals surface area contributed by atoms with Crippen molar-refractivity contribution in [3.63, 3.8) is 0 Å². The van der Waals surface area contributed by atoms with Crippen molar-refractivity contribution in [2.45, 2.75) is 44.1 Å². The predicted octanol–water partition coefficient (Wildman–Crippen LogP) is 3.51. The van der Waals surface area contributed by atoms with Crippen LogP contribution in [0.4, 0.5) is 18.9 Å². The van der Waals surface area contributed by atoms with E-state index in [0.29, 0.717) is 11.1 Å². The first kappa shape index (κ1) is 26.6. The first-order chi connectivity index (χ1) is 18.4. The van der Waals surface area contributed by atoms with Crippen LogP contribution in [-0.2, 0) is 6.18 Å². The number of fused-ring (bicyclic) bond motifs is 1. The summed E-state index contributed by atoms with van der Waals surface area (Å²) in [7, 11) is 0. The van der Waals surface area contributed by atoms with Gasteiger partial charge in [-0.3, -0.25) is 14.6 Å². The Morgan fingerprint density at radius 3 is 2.45 bits per heavy atom. The van der Waals surface area contributed by atoms with Crippen LogP contribution in [-0.4, -0.2) is 77.7 Å². The molecule has 2 fully saturated rings. The number of benzene rings is 1. The van der Waals surface area contributed by atoms with Gasteiger partial charge in [-0.1, -0.05) is 25.0 Å². The molecular formula is C27H34F3N7O. The number of halogens is 3. The van der Waals surface area contributed by atoms with Crippen molar-refractivity contribution in [1.29, 1.82) is 0 Å². The third-order valence-electron chi connectivity index (χ3n) is 7.49. The molecule has 2 unspecified atom stereocenters. The van der Waals surface area contributed by atoms with Gasteiger partial charge in [-0.05, 0) is 44.1 Å². The molecule has 5 rings (SSSR count). The SMILES string of the molecule is O=C(NCC(c1cnc(C(F)(F)F)nc1)N1CCCCCC1)c1cccc2c1C=CC(N1CCNCC1)N2. The van der Waals surface area contributed by atoms with Crippen molar-refractivity contribution in [3.05, 3.63) is 59.2 Å². The minimum absolute atomic E-state index is 0.0787. The van der Waals surface area contributed by atoms with Crippen LogP contribution in [0.25, 0.3) is 6.08 Å². The van der Waals surface area contributed by atoms with Gasteiger partial charge in [0.1, 0.15) is 0 Å². The van der Waals surface area contributed by atoms with E-state index in [4.69, 9.17) is 0 Å². The number of aromatic nitrogens is 2. The van der Waals surface area contributed by atoms with Gasteiger partial charge in [0.15, 0.2) is 0 Å². The Hall–Kier alpha value is -3.02. The summed E-state index contributed by atoms with van der Waals surface area (Å²) in [5, 5.41) is 9.95. The van der Waals surface area contributed by atoms with E-state index in [0.717, 1.165) is 76.2 Å². The lowest BCUT2D eigenvalue weighted by Gasteiger charge is -2.36. The van der Waals surface area contributed by atoms with Gasteiger partial charge >= 0.3 is 6.18 Å². The van der Waals surface area contributed by atoms with Gasteiger partial charge in [0.05, 0.1) is 12.2 Å². The van der Waals surface area contributed by atoms with E-state index in [2.05, 4.69) is 41.8 Å². The highest BCUT2D eigenvalue weighted by molar-refractivity contribution is 6.00. The number of anilines is 1. The summed E-state index contributed by atoms with van der Waals surface area (Å²) in [4.78, 5) is 25.1. The van der Waals surface area contributed by atoms with Crippen molar-refractivity contribution >= 4 is 17.7 Å². The number of hydrogen-bond acceptors (Lipinski definition) is 7. The summed E-state index contributed by atoms with van der Waals surface area (Å²) in [5.74, 6) is -1.38. The van der Waals surface area contributed by atoms with Crippen molar-refractivity contribution < 1.29 is 18.0 Å². The van der Waals surface area contributed by atoms with Crippen LogP contribution in [0.3, 0.4) is 0 Å². The number of amides is 1. The number of alkyl halides is 3. The molecule has 0 saturated carbocycles. The maximum atomic E-state index is 13.4. The van der Waals surface area contributed by atoms with E-state index < -0.39 is 12.0 Å². The Morgan fingerprint density at radius 1 is 1.05 bits per heavy atom. The highest BCUT2D eigenvalue weighted by Gasteiger charge is 2.35. The Morgan fingerprint density at radius 2 is 1.76 bits per heavy atom. The van der Waals surface area contributed by atoms with Crippen LogP contribution in [0.2, 0.25) is 0 Å². The number of rotatable bonds is 6. The maximum Gasteiger partial charge on any atom is 0.451 e. The smallest absolute Gasteiger partial charge is 0.366 e. The zero-order chi connectivity index (χ0) is 26.5. The predicted molar refractivity (Wildman–Crippen MR) is 139 cm³/mol. The quantitative estimate of drug-likeness (QED) is 0.528. The molecule has 1 aromatic carbocycles. The van der Waals surface area contributed by atoms with Crippen LogP contribution in [0, 0.1) is 0 Å². The highest BCUT2D eigenvalue weighted by atomic mass is 19.4. The minimum atomic E-state index is -4.59. The molecule has 1 amide bonds. The number of carbonyl (C=O) groups excluding carboxylic acids is 1. The molecule has 0 aliphatic carbocycles. The number of hydrogen-bond donors (Lipinski definition) is 3. The van der Waals surface area contributed by atoms with Gasteiger partial charge in [0.2, 0.25) is 5.82 Å². The molecule has 4 heterocycles. The Labute approximate surface area is 220 Å². The van der Waals surface area contributed by atoms with Crippen LogP contribution in [0.1, 0.15) is 59.0 Å². The molecule has 204 valence electrons. The largest absolute Gasteiger partial charge is 0.451 e. The number of piperazine rings is 1. The average molecular weight is 530 g/mol. The molecule has 2 saturated heterocycles. The Bertz CT molecular complexity index is 1120. The molecular weight excluding hydrogens is 495 g/mol. The van der Waals surface area contributed by atoms with Crippen LogP contribution in [0.5, 0.6) is 0 Å². The van der Waals surface area contributed by atoms with Gasteiger partial charge in [-0.2, -0.15) is 13.2 Å². The molecule has 2 atom stereocenters. The molecule has 3 N–H and O–H groups in total. The van der Waals surface area contributed by atoms with Gasteiger partial charge in [-0.15, -0.1) is 0 Å². The summed E-state index contributed by atoms with van der Waals surface area (Å²) < 4.78 is 39.1. The Balaban J connectivity index is 1.31. The molecule has 1 aromatic heterocycles. The van der Waals surface area contributed by atoms with E-state index >= 15 is 0 Å². The molecule has 8 nitrogen and oxygen atoms in total. The van der Waals surface area contributed by atoms with E-state index in [-0.39, 0.29) is 24.7 Å². The summed E-state index contributed by atoms with van der Waals surface area (Å²) in [5.41, 5.74) is 2.86. The van der Waals surface area contributed by atoms with Crippen molar-refractivity contribution in [2.24, 2.45) is 0 Å². The van der Waals surface area contributed by atoms with E-state index in [1.165, 1.54) is 12.4 Å². The highest BCUT2D eigenvalue weighted by Crippen LogP contribution is 2.30. The van der Waals surface area contributed by atoms with E-state index in [1.54, 1.807) is 6.07 Å². The molecule has 3 aliphatic heterocycles. The lowest BCUT2D eigenvalue weighted by atomic mass is 10.00. The van der Waals surface area contributed by atoms with E-state index in [1.807, 2.05) is 18.2 Å². The summed E-state index contributed by atoms with van der Waals surface area (Å²) >= 11 is 0. The van der Waals surface area contributed by atoms with Gasteiger partial charge in [0.25, 0.3) is 5.91 Å². The topological polar surface area (TPSA) is 85.4 Å². The third kappa shape index (κ3) is 6.16. The first-order valence-corrected chi connectivity index (χ1v) is 13.3. The zero-order valence-electron chi connectivity index (χ0n) is 21.3. The molecule has 11 heteroatoms. The van der Waals surface area contributed by atoms with Gasteiger partial charge in [-0.25, -0.2) is 9.97 Å². The second-order valence-electron chi connectivity index (χ2n) is 10.0. The second-order valence-corrected chi connectivity index (χ2v) is 10.0. The zero-order valence-corrected chi connectivity index (χ0v) is 21.3. The fraction of sp³-hybridized carbons (Fsp3) is 0.519. The standard InChI is InChI=1S/C27H34F3N7O/c28-27(29,30)26-33-16-19(17-34-26)23(36-12-3-1-2-4-13-36)18-32-25(38)21-6-5-7-22-20(21)8-9-24(35-22)37-14-10-31-11-15-37/h5-9,16-17,23-24,31,35H,1-4,10-15,18H2,(H,32,38). The minimum Gasteiger partial charge on any atom is -0.366 e. The average Bonchev–Trinajstić information content (AvgIpc) is 3.22. The van der Waals surface area contributed by atoms with Crippen LogP contribution >= 0.6 is 0 Å². The maximum absolute atomic E-state index is 13.4. The number of nitrogens with one attached hydrogen (secondary N) is 3. The Kier molecular flexibility index (Phi) is 8.25. The number of carbonyl (C=O) groups is 1. The lowest BCUT2D eigenvalue weighted by Crippen LogP contribution is -2.50. The van der Waals surface area contributed by atoms with Crippen LogP contribution in [0.15, 0.2) is 36.7 Å². The summed E-state index contributed by atoms with van der Waals surface area (Å²) in [6.07, 6.45) is 6.29. The molecule has 0 radical (unpaired) electrons. The number of nitrogens with zero attached hydrogens (tertiary/aromatic N) is 4. The molecule has 0 spiro atoms. The molecule has 2 aromatic rings. The molecule has 0 bridgehead atoms. The summed E-state index contributed by atoms with van der Waals surface area (Å²) in [6, 6.07) is 5.33. The van der Waals surface area contributed by atoms with E-state index in [9.17, 15) is 18.0 Å². The molecule has 3 aliphatic rings. The van der Waals surface area contributed by atoms with Crippen molar-refractivity contribution in [2.75, 3.05) is 51.1 Å². The second kappa shape index (κ2) is 11.8. The van der Waals surface area contributed by atoms with Gasteiger partial charge < -0.3 is 16.0 Å². The third-order valence-corrected chi connectivity index (χ3v) is 7.49. The molecule has 38 heavy (non-hydrogen) atoms. The summed E-state index contributed by atoms with van der Waals surface area (Å²) in [6.45, 7) is 5.65. The fourth-order valence-electron chi connectivity index (χ4n) is 5.44. The van der Waals surface area contributed by atoms with Crippen LogP contribution < -0.4 is 16.0 Å². The fourth-order valence-corrected chi connectivity index (χ4v) is 5.44. The first-order valence-electron chi connectivity index (χ1n) is 13.3.